The number of ether oxygens (including phenoxy) is 2. The van der Waals surface area contributed by atoms with Crippen LogP contribution in [0, 0.1) is 17.8 Å². The summed E-state index contributed by atoms with van der Waals surface area (Å²) in [5.41, 5.74) is 2.57. The number of aliphatic hydroxyl groups excluding tert-OH is 1. The average Bonchev–Trinajstić information content (AvgIpc) is 3.00. The summed E-state index contributed by atoms with van der Waals surface area (Å²) in [6.45, 7) is 7.18. The fraction of sp³-hybridized carbons (Fsp3) is 0.618. The zero-order valence-corrected chi connectivity index (χ0v) is 27.9. The van der Waals surface area contributed by atoms with E-state index in [-0.39, 0.29) is 23.3 Å². The number of nitrogens with one attached hydrogen (secondary N) is 1. The number of anilines is 1. The van der Waals surface area contributed by atoms with Crippen LogP contribution in [0.3, 0.4) is 0 Å². The molecule has 2 N–H and O–H groups in total. The maximum absolute atomic E-state index is 13.4. The quantitative estimate of drug-likeness (QED) is 0.405. The van der Waals surface area contributed by atoms with E-state index in [0.717, 1.165) is 49.9 Å². The molecule has 1 amide bonds. The highest BCUT2D eigenvalue weighted by atomic mass is 35.5. The molecule has 10 heteroatoms. The Hall–Kier alpha value is -2.33. The second-order valence-corrected chi connectivity index (χ2v) is 15.6. The molecule has 0 unspecified atom stereocenters. The molecule has 0 spiro atoms. The summed E-state index contributed by atoms with van der Waals surface area (Å²) in [6.07, 6.45) is 6.04. The SMILES string of the molecule is CO[C@@]1([C@H](C)O)CCC[C@H](C)[C@@H](C)S(=O)(=O)NC(=O)c2ccc3c(c2)N(CCCCc2cc(Cl)ccc2CO3)C[C@@H]2CC[C@H]21. The topological polar surface area (TPSA) is 105 Å². The largest absolute Gasteiger partial charge is 0.487 e. The normalized spacial score (nSPS) is 30.3. The van der Waals surface area contributed by atoms with Crippen LogP contribution in [0.1, 0.15) is 87.2 Å². The summed E-state index contributed by atoms with van der Waals surface area (Å²) in [7, 11) is -2.24. The number of carbonyl (C=O) groups excluding carboxylic acids is 1. The number of hydrogen-bond acceptors (Lipinski definition) is 7. The van der Waals surface area contributed by atoms with Crippen LogP contribution in [0.2, 0.25) is 5.02 Å². The van der Waals surface area contributed by atoms with Gasteiger partial charge in [0.1, 0.15) is 12.4 Å². The number of benzene rings is 2. The zero-order valence-electron chi connectivity index (χ0n) is 26.4. The maximum atomic E-state index is 13.4. The summed E-state index contributed by atoms with van der Waals surface area (Å²) in [5.74, 6) is 0.239. The number of nitrogens with zero attached hydrogens (tertiary/aromatic N) is 1. The summed E-state index contributed by atoms with van der Waals surface area (Å²) in [6, 6.07) is 11.1. The highest BCUT2D eigenvalue weighted by Crippen LogP contribution is 2.49. The lowest BCUT2D eigenvalue weighted by Crippen LogP contribution is -2.57. The molecule has 2 aromatic rings. The fourth-order valence-corrected chi connectivity index (χ4v) is 8.95. The first kappa shape index (κ1) is 33.0. The highest BCUT2D eigenvalue weighted by molar-refractivity contribution is 7.90. The molecule has 0 saturated heterocycles. The molecule has 6 atom stereocenters. The molecule has 3 aliphatic rings. The van der Waals surface area contributed by atoms with Gasteiger partial charge in [0.25, 0.3) is 5.91 Å². The Morgan fingerprint density at radius 1 is 1.09 bits per heavy atom. The minimum Gasteiger partial charge on any atom is -0.487 e. The molecule has 2 aromatic carbocycles. The minimum atomic E-state index is -3.93. The van der Waals surface area contributed by atoms with Crippen molar-refractivity contribution in [1.29, 1.82) is 0 Å². The number of aryl methyl sites for hydroxylation is 1. The summed E-state index contributed by atoms with van der Waals surface area (Å²) >= 11 is 6.33. The lowest BCUT2D eigenvalue weighted by molar-refractivity contribution is -0.172. The van der Waals surface area contributed by atoms with E-state index in [1.807, 2.05) is 32.0 Å². The van der Waals surface area contributed by atoms with E-state index in [4.69, 9.17) is 21.1 Å². The molecule has 2 aliphatic heterocycles. The lowest BCUT2D eigenvalue weighted by atomic mass is 9.61. The van der Waals surface area contributed by atoms with Crippen LogP contribution in [0.25, 0.3) is 0 Å². The molecule has 0 aromatic heterocycles. The van der Waals surface area contributed by atoms with Gasteiger partial charge >= 0.3 is 0 Å². The number of hydrogen-bond donors (Lipinski definition) is 2. The van der Waals surface area contributed by atoms with Crippen LogP contribution in [0.5, 0.6) is 5.75 Å². The molecule has 5 rings (SSSR count). The molecule has 1 aliphatic carbocycles. The van der Waals surface area contributed by atoms with E-state index in [9.17, 15) is 18.3 Å². The molecule has 242 valence electrons. The van der Waals surface area contributed by atoms with Gasteiger partial charge in [0.05, 0.1) is 22.6 Å². The molecule has 1 saturated carbocycles. The Morgan fingerprint density at radius 3 is 2.59 bits per heavy atom. The second kappa shape index (κ2) is 13.6. The molecule has 0 radical (unpaired) electrons. The predicted molar refractivity (Wildman–Crippen MR) is 174 cm³/mol. The van der Waals surface area contributed by atoms with E-state index in [1.165, 1.54) is 5.56 Å². The molecule has 2 heterocycles. The third-order valence-electron chi connectivity index (χ3n) is 10.6. The van der Waals surface area contributed by atoms with Crippen molar-refractivity contribution < 1.29 is 27.8 Å². The third-order valence-corrected chi connectivity index (χ3v) is 12.7. The zero-order chi connectivity index (χ0) is 31.6. The van der Waals surface area contributed by atoms with Crippen molar-refractivity contribution in [2.45, 2.75) is 95.7 Å². The number of amides is 1. The molecule has 1 fully saturated rings. The third kappa shape index (κ3) is 6.76. The number of sulfonamides is 1. The molecular formula is C34H47ClN2O6S. The fourth-order valence-electron chi connectivity index (χ4n) is 7.44. The lowest BCUT2D eigenvalue weighted by Gasteiger charge is -2.52. The number of fused-ring (bicyclic) bond motifs is 3. The van der Waals surface area contributed by atoms with Gasteiger partial charge in [0, 0.05) is 30.8 Å². The van der Waals surface area contributed by atoms with Crippen molar-refractivity contribution in [2.24, 2.45) is 17.8 Å². The van der Waals surface area contributed by atoms with Gasteiger partial charge in [-0.25, -0.2) is 13.1 Å². The number of aliphatic hydroxyl groups is 1. The van der Waals surface area contributed by atoms with Crippen molar-refractivity contribution in [2.75, 3.05) is 25.1 Å². The van der Waals surface area contributed by atoms with Gasteiger partial charge in [-0.1, -0.05) is 31.0 Å². The van der Waals surface area contributed by atoms with Gasteiger partial charge < -0.3 is 19.5 Å². The van der Waals surface area contributed by atoms with E-state index < -0.39 is 32.9 Å². The number of rotatable bonds is 2. The first-order valence-electron chi connectivity index (χ1n) is 16.0. The number of carbonyl (C=O) groups is 1. The van der Waals surface area contributed by atoms with Gasteiger partial charge in [-0.2, -0.15) is 0 Å². The van der Waals surface area contributed by atoms with E-state index >= 15 is 0 Å². The van der Waals surface area contributed by atoms with Gasteiger partial charge in [0.2, 0.25) is 10.0 Å². The molecular weight excluding hydrogens is 600 g/mol. The van der Waals surface area contributed by atoms with Crippen LogP contribution >= 0.6 is 11.6 Å². The monoisotopic (exact) mass is 646 g/mol. The highest BCUT2D eigenvalue weighted by Gasteiger charge is 2.51. The van der Waals surface area contributed by atoms with Crippen molar-refractivity contribution in [3.05, 3.63) is 58.1 Å². The molecule has 44 heavy (non-hydrogen) atoms. The van der Waals surface area contributed by atoms with Gasteiger partial charge in [0.15, 0.2) is 0 Å². The van der Waals surface area contributed by atoms with Gasteiger partial charge in [-0.3, -0.25) is 4.79 Å². The Labute approximate surface area is 267 Å². The van der Waals surface area contributed by atoms with E-state index in [1.54, 1.807) is 32.2 Å². The Morgan fingerprint density at radius 2 is 1.89 bits per heavy atom. The summed E-state index contributed by atoms with van der Waals surface area (Å²) in [4.78, 5) is 15.7. The van der Waals surface area contributed by atoms with Crippen molar-refractivity contribution in [3.8, 4) is 5.75 Å². The Bertz CT molecular complexity index is 1450. The van der Waals surface area contributed by atoms with Crippen LogP contribution in [-0.4, -0.2) is 56.6 Å². The Kier molecular flexibility index (Phi) is 10.2. The van der Waals surface area contributed by atoms with E-state index in [0.29, 0.717) is 43.2 Å². The van der Waals surface area contributed by atoms with Crippen LogP contribution in [0.4, 0.5) is 5.69 Å². The molecule has 8 nitrogen and oxygen atoms in total. The van der Waals surface area contributed by atoms with Crippen LogP contribution in [-0.2, 0) is 27.8 Å². The van der Waals surface area contributed by atoms with Crippen LogP contribution < -0.4 is 14.4 Å². The first-order valence-corrected chi connectivity index (χ1v) is 18.0. The van der Waals surface area contributed by atoms with Crippen molar-refractivity contribution in [1.82, 2.24) is 4.72 Å². The van der Waals surface area contributed by atoms with Crippen molar-refractivity contribution in [3.63, 3.8) is 0 Å². The summed E-state index contributed by atoms with van der Waals surface area (Å²) < 4.78 is 41.6. The number of halogens is 1. The average molecular weight is 647 g/mol. The molecule has 2 bridgehead atoms. The Balaban J connectivity index is 1.57. The minimum absolute atomic E-state index is 0.150. The van der Waals surface area contributed by atoms with Crippen molar-refractivity contribution >= 4 is 33.2 Å². The standard InChI is InChI=1S/C34H47ClN2O6S/c1-22-8-7-16-34(42-4,24(3)38)30-14-11-27(30)20-37-17-6-5-9-25-18-29(35)13-10-28(25)21-43-32-15-12-26(19-31(32)37)33(39)36-44(40,41)23(22)2/h10,12-13,15,18-19,22-24,27,30,38H,5-9,11,14,16-17,20-21H2,1-4H3,(H,36,39)/t22-,23+,24-,27-,30+,34+/m0/s1. The van der Waals surface area contributed by atoms with Gasteiger partial charge in [-0.15, -0.1) is 0 Å². The van der Waals surface area contributed by atoms with Crippen LogP contribution in [0.15, 0.2) is 36.4 Å². The first-order chi connectivity index (χ1) is 20.9. The predicted octanol–water partition coefficient (Wildman–Crippen LogP) is 6.12. The smallest absolute Gasteiger partial charge is 0.264 e. The van der Waals surface area contributed by atoms with E-state index in [2.05, 4.69) is 9.62 Å². The number of methoxy groups -OCH3 is 1. The maximum Gasteiger partial charge on any atom is 0.264 e. The second-order valence-electron chi connectivity index (χ2n) is 13.1. The summed E-state index contributed by atoms with van der Waals surface area (Å²) in [5, 5.41) is 11.1. The van der Waals surface area contributed by atoms with Gasteiger partial charge in [-0.05, 0) is 118 Å².